The molecule has 0 atom stereocenters. The van der Waals surface area contributed by atoms with Gasteiger partial charge >= 0.3 is 0 Å². The Morgan fingerprint density at radius 2 is 2.11 bits per heavy atom. The van der Waals surface area contributed by atoms with Crippen molar-refractivity contribution in [1.82, 2.24) is 10.3 Å². The molecule has 0 aliphatic rings. The maximum atomic E-state index is 11.8. The molecule has 0 fully saturated rings. The highest BCUT2D eigenvalue weighted by molar-refractivity contribution is 9.10. The number of hydrogen-bond acceptors (Lipinski definition) is 4. The lowest BCUT2D eigenvalue weighted by molar-refractivity contribution is -0.115. The summed E-state index contributed by atoms with van der Waals surface area (Å²) in [7, 11) is 0. The second kappa shape index (κ2) is 6.44. The van der Waals surface area contributed by atoms with Gasteiger partial charge in [0.25, 0.3) is 5.91 Å². The number of aromatic nitrogens is 1. The topological polar surface area (TPSA) is 71.1 Å². The average molecular weight is 340 g/mol. The van der Waals surface area contributed by atoms with Crippen LogP contribution in [0, 0.1) is 0 Å². The molecule has 0 bridgehead atoms. The van der Waals surface area contributed by atoms with Crippen LogP contribution in [0.4, 0.5) is 5.13 Å². The van der Waals surface area contributed by atoms with Crippen LogP contribution in [-0.2, 0) is 4.79 Å². The van der Waals surface area contributed by atoms with Gasteiger partial charge in [0.1, 0.15) is 0 Å². The molecular formula is C12H10BrN3O2S. The van der Waals surface area contributed by atoms with Crippen LogP contribution in [0.5, 0.6) is 0 Å². The molecule has 0 aliphatic carbocycles. The van der Waals surface area contributed by atoms with Crippen molar-refractivity contribution in [3.05, 3.63) is 45.9 Å². The Labute approximate surface area is 122 Å². The van der Waals surface area contributed by atoms with Crippen LogP contribution in [0.3, 0.4) is 0 Å². The van der Waals surface area contributed by atoms with E-state index in [4.69, 9.17) is 0 Å². The highest BCUT2D eigenvalue weighted by Gasteiger charge is 2.11. The Morgan fingerprint density at radius 1 is 1.32 bits per heavy atom. The van der Waals surface area contributed by atoms with Crippen molar-refractivity contribution >= 4 is 44.2 Å². The van der Waals surface area contributed by atoms with E-state index in [9.17, 15) is 9.59 Å². The zero-order valence-corrected chi connectivity index (χ0v) is 12.1. The van der Waals surface area contributed by atoms with Gasteiger partial charge < -0.3 is 10.6 Å². The minimum atomic E-state index is -0.310. The predicted octanol–water partition coefficient (Wildman–Crippen LogP) is 2.27. The van der Waals surface area contributed by atoms with Gasteiger partial charge in [-0.05, 0) is 28.1 Å². The predicted molar refractivity (Wildman–Crippen MR) is 77.2 cm³/mol. The number of halogens is 1. The molecule has 1 aromatic heterocycles. The van der Waals surface area contributed by atoms with Crippen molar-refractivity contribution in [1.29, 1.82) is 0 Å². The summed E-state index contributed by atoms with van der Waals surface area (Å²) >= 11 is 4.60. The van der Waals surface area contributed by atoms with Crippen LogP contribution >= 0.6 is 27.3 Å². The Balaban J connectivity index is 1.87. The summed E-state index contributed by atoms with van der Waals surface area (Å²) in [6.07, 6.45) is 1.60. The van der Waals surface area contributed by atoms with E-state index in [2.05, 4.69) is 31.5 Å². The standard InChI is InChI=1S/C12H10BrN3O2S/c13-9-4-2-1-3-8(9)11(18)15-7-10(17)16-12-14-5-6-19-12/h1-6H,7H2,(H,15,18)(H,14,16,17). The molecule has 2 rings (SSSR count). The van der Waals surface area contributed by atoms with Gasteiger partial charge in [-0.15, -0.1) is 11.3 Å². The summed E-state index contributed by atoms with van der Waals surface area (Å²) in [4.78, 5) is 27.3. The summed E-state index contributed by atoms with van der Waals surface area (Å²) in [5.74, 6) is -0.614. The van der Waals surface area contributed by atoms with Crippen molar-refractivity contribution in [2.45, 2.75) is 0 Å². The zero-order valence-electron chi connectivity index (χ0n) is 9.72. The second-order valence-corrected chi connectivity index (χ2v) is 5.30. The van der Waals surface area contributed by atoms with Gasteiger partial charge in [-0.3, -0.25) is 9.59 Å². The van der Waals surface area contributed by atoms with Crippen molar-refractivity contribution in [2.75, 3.05) is 11.9 Å². The number of rotatable bonds is 4. The van der Waals surface area contributed by atoms with E-state index < -0.39 is 0 Å². The van der Waals surface area contributed by atoms with Gasteiger partial charge in [-0.1, -0.05) is 12.1 Å². The van der Waals surface area contributed by atoms with Gasteiger partial charge in [-0.2, -0.15) is 0 Å². The third-order valence-corrected chi connectivity index (χ3v) is 3.59. The molecule has 1 heterocycles. The number of benzene rings is 1. The molecule has 98 valence electrons. The molecular weight excluding hydrogens is 330 g/mol. The van der Waals surface area contributed by atoms with Gasteiger partial charge in [0.15, 0.2) is 5.13 Å². The lowest BCUT2D eigenvalue weighted by atomic mass is 10.2. The van der Waals surface area contributed by atoms with E-state index >= 15 is 0 Å². The monoisotopic (exact) mass is 339 g/mol. The van der Waals surface area contributed by atoms with Crippen molar-refractivity contribution in [2.24, 2.45) is 0 Å². The summed E-state index contributed by atoms with van der Waals surface area (Å²) in [6.45, 7) is -0.0975. The lowest BCUT2D eigenvalue weighted by Crippen LogP contribution is -2.33. The molecule has 1 aromatic carbocycles. The quantitative estimate of drug-likeness (QED) is 0.897. The van der Waals surface area contributed by atoms with Crippen LogP contribution in [-0.4, -0.2) is 23.3 Å². The van der Waals surface area contributed by atoms with Crippen LogP contribution in [0.2, 0.25) is 0 Å². The number of nitrogens with zero attached hydrogens (tertiary/aromatic N) is 1. The molecule has 0 radical (unpaired) electrons. The highest BCUT2D eigenvalue weighted by Crippen LogP contribution is 2.15. The second-order valence-electron chi connectivity index (χ2n) is 3.55. The molecule has 5 nitrogen and oxygen atoms in total. The SMILES string of the molecule is O=C(CNC(=O)c1ccccc1Br)Nc1nccs1. The van der Waals surface area contributed by atoms with Crippen LogP contribution in [0.1, 0.15) is 10.4 Å². The van der Waals surface area contributed by atoms with Crippen molar-refractivity contribution in [3.8, 4) is 0 Å². The molecule has 2 N–H and O–H groups in total. The van der Waals surface area contributed by atoms with Gasteiger partial charge in [0.05, 0.1) is 12.1 Å². The van der Waals surface area contributed by atoms with E-state index in [0.29, 0.717) is 15.2 Å². The number of amides is 2. The third kappa shape index (κ3) is 3.87. The minimum absolute atomic E-state index is 0.0975. The summed E-state index contributed by atoms with van der Waals surface area (Å²) in [5, 5.41) is 7.41. The molecule has 0 saturated heterocycles. The Kier molecular flexibility index (Phi) is 4.64. The van der Waals surface area contributed by atoms with Crippen molar-refractivity contribution in [3.63, 3.8) is 0 Å². The first kappa shape index (κ1) is 13.7. The zero-order chi connectivity index (χ0) is 13.7. The summed E-state index contributed by atoms with van der Waals surface area (Å²) in [5.41, 5.74) is 0.490. The van der Waals surface area contributed by atoms with Crippen molar-refractivity contribution < 1.29 is 9.59 Å². The van der Waals surface area contributed by atoms with Gasteiger partial charge in [-0.25, -0.2) is 4.98 Å². The van der Waals surface area contributed by atoms with E-state index in [1.807, 2.05) is 6.07 Å². The molecule has 2 amide bonds. The number of carbonyl (C=O) groups excluding carboxylic acids is 2. The Bertz CT molecular complexity index is 586. The molecule has 7 heteroatoms. The molecule has 2 aromatic rings. The van der Waals surface area contributed by atoms with E-state index in [-0.39, 0.29) is 18.4 Å². The van der Waals surface area contributed by atoms with E-state index in [1.165, 1.54) is 11.3 Å². The Morgan fingerprint density at radius 3 is 2.79 bits per heavy atom. The van der Waals surface area contributed by atoms with Gasteiger partial charge in [0.2, 0.25) is 5.91 Å². The van der Waals surface area contributed by atoms with E-state index in [0.717, 1.165) is 0 Å². The fourth-order valence-electron chi connectivity index (χ4n) is 1.35. The summed E-state index contributed by atoms with van der Waals surface area (Å²) in [6, 6.07) is 7.02. The first-order valence-corrected chi connectivity index (χ1v) is 7.06. The molecule has 19 heavy (non-hydrogen) atoms. The first-order chi connectivity index (χ1) is 9.16. The Hall–Kier alpha value is -1.73. The minimum Gasteiger partial charge on any atom is -0.343 e. The molecule has 0 unspecified atom stereocenters. The fraction of sp³-hybridized carbons (Fsp3) is 0.0833. The first-order valence-electron chi connectivity index (χ1n) is 5.39. The number of carbonyl (C=O) groups is 2. The number of anilines is 1. The van der Waals surface area contributed by atoms with Crippen LogP contribution in [0.15, 0.2) is 40.3 Å². The summed E-state index contributed by atoms with van der Waals surface area (Å²) < 4.78 is 0.688. The third-order valence-electron chi connectivity index (χ3n) is 2.21. The fourth-order valence-corrected chi connectivity index (χ4v) is 2.36. The number of thiazole rings is 1. The maximum Gasteiger partial charge on any atom is 0.252 e. The smallest absolute Gasteiger partial charge is 0.252 e. The largest absolute Gasteiger partial charge is 0.343 e. The highest BCUT2D eigenvalue weighted by atomic mass is 79.9. The van der Waals surface area contributed by atoms with E-state index in [1.54, 1.807) is 29.8 Å². The van der Waals surface area contributed by atoms with Crippen LogP contribution in [0.25, 0.3) is 0 Å². The number of nitrogens with one attached hydrogen (secondary N) is 2. The maximum absolute atomic E-state index is 11.8. The van der Waals surface area contributed by atoms with Gasteiger partial charge in [0, 0.05) is 16.0 Å². The number of hydrogen-bond donors (Lipinski definition) is 2. The normalized spacial score (nSPS) is 9.95. The molecule has 0 aliphatic heterocycles. The molecule has 0 saturated carbocycles. The lowest BCUT2D eigenvalue weighted by Gasteiger charge is -2.06. The average Bonchev–Trinajstić information content (AvgIpc) is 2.89. The molecule has 0 spiro atoms. The van der Waals surface area contributed by atoms with Crippen LogP contribution < -0.4 is 10.6 Å².